The number of ether oxygens (including phenoxy) is 2. The van der Waals surface area contributed by atoms with Crippen LogP contribution in [0.4, 0.5) is 0 Å². The summed E-state index contributed by atoms with van der Waals surface area (Å²) in [6.45, 7) is 2.14. The molecule has 102 valence electrons. The second kappa shape index (κ2) is 6.11. The monoisotopic (exact) mass is 259 g/mol. The van der Waals surface area contributed by atoms with Crippen LogP contribution in [-0.4, -0.2) is 13.1 Å². The van der Waals surface area contributed by atoms with Crippen LogP contribution in [0.15, 0.2) is 47.8 Å². The lowest BCUT2D eigenvalue weighted by Crippen LogP contribution is -2.29. The van der Waals surface area contributed by atoms with Crippen molar-refractivity contribution in [3.8, 4) is 0 Å². The van der Waals surface area contributed by atoms with Crippen molar-refractivity contribution in [3.63, 3.8) is 0 Å². The number of piperidine rings is 1. The molecule has 3 aliphatic rings. The van der Waals surface area contributed by atoms with Crippen LogP contribution in [0, 0.1) is 5.92 Å². The first-order chi connectivity index (χ1) is 9.42. The summed E-state index contributed by atoms with van der Waals surface area (Å²) < 4.78 is 11.5. The molecule has 0 aromatic rings. The van der Waals surface area contributed by atoms with Crippen molar-refractivity contribution >= 4 is 0 Å². The maximum atomic E-state index is 5.77. The Morgan fingerprint density at radius 1 is 1.16 bits per heavy atom. The number of allylic oxidation sites excluding steroid dienone is 5. The van der Waals surface area contributed by atoms with Gasteiger partial charge in [0.2, 0.25) is 0 Å². The van der Waals surface area contributed by atoms with Gasteiger partial charge >= 0.3 is 0 Å². The highest BCUT2D eigenvalue weighted by Gasteiger charge is 2.21. The fraction of sp³-hybridized carbons (Fsp3) is 0.500. The van der Waals surface area contributed by atoms with Crippen molar-refractivity contribution in [2.24, 2.45) is 5.92 Å². The quantitative estimate of drug-likeness (QED) is 0.842. The van der Waals surface area contributed by atoms with E-state index in [9.17, 15) is 0 Å². The molecule has 1 N–H and O–H groups in total. The Morgan fingerprint density at radius 2 is 2.05 bits per heavy atom. The molecule has 19 heavy (non-hydrogen) atoms. The Hall–Kier alpha value is -1.48. The molecule has 2 heterocycles. The van der Waals surface area contributed by atoms with E-state index in [1.54, 1.807) is 6.26 Å². The zero-order chi connectivity index (χ0) is 12.9. The molecule has 0 amide bonds. The summed E-state index contributed by atoms with van der Waals surface area (Å²) >= 11 is 0. The van der Waals surface area contributed by atoms with Gasteiger partial charge in [-0.15, -0.1) is 0 Å². The standard InChI is InChI=1S/C16H21NO2/c1-2-4-13(5-3-1)10-15-11-19-16(12-18-15)14-6-8-17-9-7-14/h1-2,4,11-12,14,17H,3,5-10H2. The average molecular weight is 259 g/mol. The van der Waals surface area contributed by atoms with Gasteiger partial charge < -0.3 is 14.8 Å². The van der Waals surface area contributed by atoms with Crippen molar-refractivity contribution in [2.75, 3.05) is 13.1 Å². The molecule has 0 aromatic heterocycles. The summed E-state index contributed by atoms with van der Waals surface area (Å²) in [5, 5.41) is 3.36. The minimum absolute atomic E-state index is 0.510. The fourth-order valence-corrected chi connectivity index (χ4v) is 2.73. The largest absolute Gasteiger partial charge is 0.462 e. The molecule has 0 radical (unpaired) electrons. The van der Waals surface area contributed by atoms with Crippen LogP contribution in [0.5, 0.6) is 0 Å². The molecule has 0 saturated carbocycles. The molecule has 2 aliphatic heterocycles. The van der Waals surface area contributed by atoms with Crippen LogP contribution in [0.1, 0.15) is 32.1 Å². The zero-order valence-electron chi connectivity index (χ0n) is 11.2. The Balaban J connectivity index is 1.53. The summed E-state index contributed by atoms with van der Waals surface area (Å²) in [6, 6.07) is 0. The van der Waals surface area contributed by atoms with Gasteiger partial charge in [-0.05, 0) is 38.8 Å². The zero-order valence-corrected chi connectivity index (χ0v) is 11.2. The predicted molar refractivity (Wildman–Crippen MR) is 75.0 cm³/mol. The highest BCUT2D eigenvalue weighted by molar-refractivity contribution is 5.22. The first-order valence-corrected chi connectivity index (χ1v) is 7.19. The molecule has 1 fully saturated rings. The van der Waals surface area contributed by atoms with Crippen LogP contribution >= 0.6 is 0 Å². The van der Waals surface area contributed by atoms with Gasteiger partial charge in [0.15, 0.2) is 0 Å². The smallest absolute Gasteiger partial charge is 0.142 e. The van der Waals surface area contributed by atoms with Crippen LogP contribution in [0.2, 0.25) is 0 Å². The minimum Gasteiger partial charge on any atom is -0.462 e. The van der Waals surface area contributed by atoms with Crippen LogP contribution in [0.25, 0.3) is 0 Å². The second-order valence-electron chi connectivity index (χ2n) is 5.33. The normalized spacial score (nSPS) is 23.9. The third kappa shape index (κ3) is 3.29. The number of rotatable bonds is 3. The summed E-state index contributed by atoms with van der Waals surface area (Å²) in [4.78, 5) is 0. The van der Waals surface area contributed by atoms with Gasteiger partial charge in [-0.2, -0.15) is 0 Å². The Labute approximate surface area is 114 Å². The molecule has 3 heteroatoms. The van der Waals surface area contributed by atoms with E-state index in [4.69, 9.17) is 9.47 Å². The predicted octanol–water partition coefficient (Wildman–Crippen LogP) is 3.38. The second-order valence-corrected chi connectivity index (χ2v) is 5.33. The third-order valence-electron chi connectivity index (χ3n) is 3.90. The lowest BCUT2D eigenvalue weighted by molar-refractivity contribution is 0.180. The molecule has 0 bridgehead atoms. The van der Waals surface area contributed by atoms with E-state index in [0.29, 0.717) is 5.92 Å². The molecular formula is C16H21NO2. The molecule has 3 rings (SSSR count). The maximum Gasteiger partial charge on any atom is 0.142 e. The van der Waals surface area contributed by atoms with Gasteiger partial charge in [0.25, 0.3) is 0 Å². The molecule has 0 atom stereocenters. The Morgan fingerprint density at radius 3 is 2.74 bits per heavy atom. The Kier molecular flexibility index (Phi) is 4.04. The van der Waals surface area contributed by atoms with E-state index in [0.717, 1.165) is 56.7 Å². The molecule has 0 spiro atoms. The molecular weight excluding hydrogens is 238 g/mol. The maximum absolute atomic E-state index is 5.77. The van der Waals surface area contributed by atoms with Crippen molar-refractivity contribution in [2.45, 2.75) is 32.1 Å². The van der Waals surface area contributed by atoms with E-state index in [1.165, 1.54) is 5.57 Å². The van der Waals surface area contributed by atoms with E-state index in [1.807, 2.05) is 6.26 Å². The van der Waals surface area contributed by atoms with Crippen molar-refractivity contribution < 1.29 is 9.47 Å². The number of hydrogen-bond donors (Lipinski definition) is 1. The highest BCUT2D eigenvalue weighted by Crippen LogP contribution is 2.29. The van der Waals surface area contributed by atoms with Crippen LogP contribution in [-0.2, 0) is 9.47 Å². The van der Waals surface area contributed by atoms with Gasteiger partial charge in [0, 0.05) is 12.3 Å². The van der Waals surface area contributed by atoms with Gasteiger partial charge in [-0.25, -0.2) is 0 Å². The highest BCUT2D eigenvalue weighted by atomic mass is 16.5. The fourth-order valence-electron chi connectivity index (χ4n) is 2.73. The number of hydrogen-bond acceptors (Lipinski definition) is 3. The first kappa shape index (κ1) is 12.5. The summed E-state index contributed by atoms with van der Waals surface area (Å²) in [5.41, 5.74) is 1.41. The van der Waals surface area contributed by atoms with Crippen molar-refractivity contribution in [1.29, 1.82) is 0 Å². The van der Waals surface area contributed by atoms with Gasteiger partial charge in [-0.1, -0.05) is 23.8 Å². The van der Waals surface area contributed by atoms with E-state index >= 15 is 0 Å². The SMILES string of the molecule is C1=CCCC(CC2=COC(C3CCNCC3)=CO2)=C1. The molecule has 0 unspecified atom stereocenters. The third-order valence-corrected chi connectivity index (χ3v) is 3.90. The van der Waals surface area contributed by atoms with Gasteiger partial charge in [0.1, 0.15) is 24.0 Å². The number of nitrogens with one attached hydrogen (secondary N) is 1. The van der Waals surface area contributed by atoms with Gasteiger partial charge in [0.05, 0.1) is 0 Å². The molecule has 1 saturated heterocycles. The Bertz CT molecular complexity index is 440. The van der Waals surface area contributed by atoms with Crippen LogP contribution < -0.4 is 5.32 Å². The van der Waals surface area contributed by atoms with E-state index < -0.39 is 0 Å². The van der Waals surface area contributed by atoms with E-state index in [-0.39, 0.29) is 0 Å². The van der Waals surface area contributed by atoms with Gasteiger partial charge in [-0.3, -0.25) is 0 Å². The summed E-state index contributed by atoms with van der Waals surface area (Å²) in [6.07, 6.45) is 15.5. The topological polar surface area (TPSA) is 30.5 Å². The lowest BCUT2D eigenvalue weighted by atomic mass is 9.96. The van der Waals surface area contributed by atoms with E-state index in [2.05, 4.69) is 23.5 Å². The summed E-state index contributed by atoms with van der Waals surface area (Å²) in [7, 11) is 0. The average Bonchev–Trinajstić information content (AvgIpc) is 2.50. The molecule has 0 aromatic carbocycles. The van der Waals surface area contributed by atoms with Crippen LogP contribution in [0.3, 0.4) is 0 Å². The van der Waals surface area contributed by atoms with Crippen molar-refractivity contribution in [3.05, 3.63) is 47.8 Å². The lowest BCUT2D eigenvalue weighted by Gasteiger charge is -2.26. The first-order valence-electron chi connectivity index (χ1n) is 7.19. The minimum atomic E-state index is 0.510. The molecule has 3 nitrogen and oxygen atoms in total. The molecule has 1 aliphatic carbocycles. The van der Waals surface area contributed by atoms with Crippen molar-refractivity contribution in [1.82, 2.24) is 5.32 Å². The summed E-state index contributed by atoms with van der Waals surface area (Å²) in [5.74, 6) is 2.41.